The minimum atomic E-state index is -3.53. The van der Waals surface area contributed by atoms with E-state index in [0.717, 1.165) is 18.5 Å². The number of imidazole rings is 1. The van der Waals surface area contributed by atoms with Crippen molar-refractivity contribution in [3.05, 3.63) is 28.7 Å². The largest absolute Gasteiger partial charge is 0.328 e. The first-order valence-corrected chi connectivity index (χ1v) is 8.73. The molecular formula is C14H21ClN4O3S. The van der Waals surface area contributed by atoms with E-state index in [1.807, 2.05) is 0 Å². The number of nitrogens with one attached hydrogen (secondary N) is 1. The number of halogens is 1. The minimum absolute atomic E-state index is 0. The molecule has 0 spiro atoms. The number of hydrogen-bond donors (Lipinski definition) is 1. The Morgan fingerprint density at radius 3 is 2.48 bits per heavy atom. The summed E-state index contributed by atoms with van der Waals surface area (Å²) in [5.74, 6) is 0. The summed E-state index contributed by atoms with van der Waals surface area (Å²) in [5.41, 5.74) is 1.19. The van der Waals surface area contributed by atoms with E-state index in [9.17, 15) is 13.2 Å². The summed E-state index contributed by atoms with van der Waals surface area (Å²) in [6.45, 7) is 2.47. The van der Waals surface area contributed by atoms with Gasteiger partial charge < -0.3 is 5.32 Å². The second-order valence-corrected chi connectivity index (χ2v) is 7.50. The predicted octanol–water partition coefficient (Wildman–Crippen LogP) is 0.283. The second-order valence-electron chi connectivity index (χ2n) is 5.56. The molecular weight excluding hydrogens is 340 g/mol. The quantitative estimate of drug-likeness (QED) is 0.834. The molecule has 0 amide bonds. The molecule has 0 unspecified atom stereocenters. The Morgan fingerprint density at radius 1 is 1.04 bits per heavy atom. The van der Waals surface area contributed by atoms with Gasteiger partial charge >= 0.3 is 5.69 Å². The van der Waals surface area contributed by atoms with Gasteiger partial charge in [0.2, 0.25) is 10.0 Å². The topological polar surface area (TPSA) is 76.3 Å². The summed E-state index contributed by atoms with van der Waals surface area (Å²) in [6, 6.07) is 4.86. The number of aryl methyl sites for hydroxylation is 2. The molecule has 0 saturated carbocycles. The van der Waals surface area contributed by atoms with Crippen LogP contribution in [0.1, 0.15) is 6.42 Å². The van der Waals surface area contributed by atoms with Crippen LogP contribution in [0.3, 0.4) is 0 Å². The van der Waals surface area contributed by atoms with Gasteiger partial charge in [0.1, 0.15) is 0 Å². The molecule has 23 heavy (non-hydrogen) atoms. The Bertz CT molecular complexity index is 864. The molecule has 0 aliphatic carbocycles. The maximum absolute atomic E-state index is 12.8. The summed E-state index contributed by atoms with van der Waals surface area (Å²) in [7, 11) is -0.199. The molecule has 1 N–H and O–H groups in total. The van der Waals surface area contributed by atoms with E-state index >= 15 is 0 Å². The molecule has 7 nitrogen and oxygen atoms in total. The molecule has 1 aliphatic rings. The van der Waals surface area contributed by atoms with Crippen LogP contribution in [0.25, 0.3) is 11.0 Å². The van der Waals surface area contributed by atoms with Crippen LogP contribution in [-0.4, -0.2) is 48.0 Å². The Kier molecular flexibility index (Phi) is 5.20. The number of sulfonamides is 1. The smallest absolute Gasteiger partial charge is 0.315 e. The van der Waals surface area contributed by atoms with E-state index in [-0.39, 0.29) is 23.0 Å². The molecule has 1 aliphatic heterocycles. The van der Waals surface area contributed by atoms with Crippen molar-refractivity contribution in [2.75, 3.05) is 26.2 Å². The van der Waals surface area contributed by atoms with Gasteiger partial charge in [-0.1, -0.05) is 0 Å². The molecule has 2 aromatic rings. The third-order valence-electron chi connectivity index (χ3n) is 4.18. The average molecular weight is 361 g/mol. The van der Waals surface area contributed by atoms with Gasteiger partial charge in [-0.15, -0.1) is 12.4 Å². The minimum Gasteiger partial charge on any atom is -0.315 e. The monoisotopic (exact) mass is 360 g/mol. The molecule has 1 aromatic carbocycles. The third-order valence-corrected chi connectivity index (χ3v) is 6.07. The van der Waals surface area contributed by atoms with Gasteiger partial charge in [-0.2, -0.15) is 4.31 Å². The van der Waals surface area contributed by atoms with Crippen molar-refractivity contribution >= 4 is 33.5 Å². The summed E-state index contributed by atoms with van der Waals surface area (Å²) in [5, 5.41) is 3.20. The molecule has 128 valence electrons. The van der Waals surface area contributed by atoms with Gasteiger partial charge in [-0.3, -0.25) is 9.13 Å². The Balaban J connectivity index is 0.00000192. The molecule has 2 heterocycles. The molecule has 1 saturated heterocycles. The van der Waals surface area contributed by atoms with E-state index in [0.29, 0.717) is 25.2 Å². The summed E-state index contributed by atoms with van der Waals surface area (Å²) >= 11 is 0. The van der Waals surface area contributed by atoms with E-state index < -0.39 is 10.0 Å². The fourth-order valence-electron chi connectivity index (χ4n) is 2.86. The molecule has 0 bridgehead atoms. The Labute approximate surface area is 141 Å². The Hall–Kier alpha value is -1.35. The van der Waals surface area contributed by atoms with Crippen LogP contribution >= 0.6 is 12.4 Å². The molecule has 3 rings (SSSR count). The molecule has 1 fully saturated rings. The van der Waals surface area contributed by atoms with Crippen LogP contribution in [0.4, 0.5) is 0 Å². The number of rotatable bonds is 2. The molecule has 1 aromatic heterocycles. The highest BCUT2D eigenvalue weighted by atomic mass is 35.5. The van der Waals surface area contributed by atoms with Crippen molar-refractivity contribution in [1.29, 1.82) is 0 Å². The van der Waals surface area contributed by atoms with Crippen LogP contribution in [-0.2, 0) is 24.1 Å². The summed E-state index contributed by atoms with van der Waals surface area (Å²) in [4.78, 5) is 12.2. The zero-order valence-corrected chi connectivity index (χ0v) is 14.8. The normalized spacial score (nSPS) is 17.0. The number of nitrogens with zero attached hydrogens (tertiary/aromatic N) is 3. The van der Waals surface area contributed by atoms with Crippen molar-refractivity contribution in [2.45, 2.75) is 11.3 Å². The van der Waals surface area contributed by atoms with Gasteiger partial charge in [-0.25, -0.2) is 13.2 Å². The van der Waals surface area contributed by atoms with Crippen LogP contribution in [0, 0.1) is 0 Å². The highest BCUT2D eigenvalue weighted by Crippen LogP contribution is 2.21. The van der Waals surface area contributed by atoms with E-state index in [1.54, 1.807) is 32.3 Å². The van der Waals surface area contributed by atoms with E-state index in [4.69, 9.17) is 0 Å². The first-order valence-electron chi connectivity index (χ1n) is 7.29. The van der Waals surface area contributed by atoms with Gasteiger partial charge in [0.05, 0.1) is 15.9 Å². The summed E-state index contributed by atoms with van der Waals surface area (Å²) < 4.78 is 30.1. The molecule has 0 radical (unpaired) electrons. The van der Waals surface area contributed by atoms with E-state index in [1.165, 1.54) is 13.4 Å². The van der Waals surface area contributed by atoms with Crippen molar-refractivity contribution in [3.63, 3.8) is 0 Å². The first-order chi connectivity index (χ1) is 10.4. The SMILES string of the molecule is Cl.Cn1c(=O)n(C)c2cc(S(=O)(=O)N3CCCNCC3)ccc21. The maximum atomic E-state index is 12.8. The second kappa shape index (κ2) is 6.64. The average Bonchev–Trinajstić information content (AvgIpc) is 2.75. The number of benzene rings is 1. The highest BCUT2D eigenvalue weighted by Gasteiger charge is 2.25. The predicted molar refractivity (Wildman–Crippen MR) is 91.7 cm³/mol. The van der Waals surface area contributed by atoms with Crippen LogP contribution in [0.2, 0.25) is 0 Å². The lowest BCUT2D eigenvalue weighted by molar-refractivity contribution is 0.432. The lowest BCUT2D eigenvalue weighted by Crippen LogP contribution is -2.34. The van der Waals surface area contributed by atoms with E-state index in [2.05, 4.69) is 5.32 Å². The van der Waals surface area contributed by atoms with Gasteiger partial charge in [0.15, 0.2) is 0 Å². The van der Waals surface area contributed by atoms with Crippen LogP contribution < -0.4 is 11.0 Å². The lowest BCUT2D eigenvalue weighted by atomic mass is 10.3. The summed E-state index contributed by atoms with van der Waals surface area (Å²) in [6.07, 6.45) is 0.797. The van der Waals surface area contributed by atoms with Crippen LogP contribution in [0.15, 0.2) is 27.9 Å². The van der Waals surface area contributed by atoms with Crippen molar-refractivity contribution in [1.82, 2.24) is 18.8 Å². The highest BCUT2D eigenvalue weighted by molar-refractivity contribution is 7.89. The lowest BCUT2D eigenvalue weighted by Gasteiger charge is -2.19. The number of aromatic nitrogens is 2. The number of hydrogen-bond acceptors (Lipinski definition) is 4. The van der Waals surface area contributed by atoms with Gasteiger partial charge in [0, 0.05) is 33.7 Å². The maximum Gasteiger partial charge on any atom is 0.328 e. The zero-order valence-electron chi connectivity index (χ0n) is 13.2. The molecule has 9 heteroatoms. The van der Waals surface area contributed by atoms with Crippen LogP contribution in [0.5, 0.6) is 0 Å². The number of fused-ring (bicyclic) bond motifs is 1. The molecule has 0 atom stereocenters. The van der Waals surface area contributed by atoms with Crippen molar-refractivity contribution < 1.29 is 8.42 Å². The fraction of sp³-hybridized carbons (Fsp3) is 0.500. The zero-order chi connectivity index (χ0) is 15.9. The van der Waals surface area contributed by atoms with Gasteiger partial charge in [0.25, 0.3) is 0 Å². The fourth-order valence-corrected chi connectivity index (χ4v) is 4.36. The standard InChI is InChI=1S/C14H20N4O3S.ClH/c1-16-12-5-4-11(10-13(12)17(2)14(16)19)22(20,21)18-8-3-6-15-7-9-18;/h4-5,10,15H,3,6-9H2,1-2H3;1H. The third kappa shape index (κ3) is 3.03. The Morgan fingerprint density at radius 2 is 1.74 bits per heavy atom. The van der Waals surface area contributed by atoms with Crippen molar-refractivity contribution in [2.24, 2.45) is 14.1 Å². The van der Waals surface area contributed by atoms with Crippen molar-refractivity contribution in [3.8, 4) is 0 Å². The van der Waals surface area contributed by atoms with Gasteiger partial charge in [-0.05, 0) is 31.2 Å². The first kappa shape index (κ1) is 18.0.